The fraction of sp³-hybridized carbons (Fsp3) is 0.500. The van der Waals surface area contributed by atoms with E-state index in [1.807, 2.05) is 13.8 Å². The van der Waals surface area contributed by atoms with Crippen molar-refractivity contribution in [1.82, 2.24) is 15.0 Å². The van der Waals surface area contributed by atoms with Gasteiger partial charge in [0.1, 0.15) is 11.4 Å². The number of hydrogen-bond acceptors (Lipinski definition) is 7. The fourth-order valence-corrected chi connectivity index (χ4v) is 3.59. The third kappa shape index (κ3) is 5.14. The second kappa shape index (κ2) is 9.35. The van der Waals surface area contributed by atoms with Gasteiger partial charge in [-0.25, -0.2) is 9.78 Å². The van der Waals surface area contributed by atoms with Gasteiger partial charge in [0, 0.05) is 38.3 Å². The maximum absolute atomic E-state index is 12.8. The molecule has 0 radical (unpaired) electrons. The summed E-state index contributed by atoms with van der Waals surface area (Å²) in [5.74, 6) is -0.519. The van der Waals surface area contributed by atoms with E-state index in [-0.39, 0.29) is 41.3 Å². The summed E-state index contributed by atoms with van der Waals surface area (Å²) < 4.78 is 48.7. The van der Waals surface area contributed by atoms with Gasteiger partial charge in [0.2, 0.25) is 0 Å². The van der Waals surface area contributed by atoms with Crippen LogP contribution in [0.2, 0.25) is 5.02 Å². The molecule has 0 saturated carbocycles. The van der Waals surface area contributed by atoms with Crippen molar-refractivity contribution in [2.45, 2.75) is 32.9 Å². The van der Waals surface area contributed by atoms with E-state index in [0.717, 1.165) is 12.3 Å². The Morgan fingerprint density at radius 1 is 1.25 bits per heavy atom. The van der Waals surface area contributed by atoms with Crippen molar-refractivity contribution in [3.05, 3.63) is 39.9 Å². The predicted octanol–water partition coefficient (Wildman–Crippen LogP) is 3.68. The maximum atomic E-state index is 12.8. The first-order valence-electron chi connectivity index (χ1n) is 9.87. The van der Waals surface area contributed by atoms with Gasteiger partial charge < -0.3 is 19.1 Å². The zero-order chi connectivity index (χ0) is 23.6. The normalized spacial score (nSPS) is 14.8. The number of anilines is 1. The van der Waals surface area contributed by atoms with Crippen LogP contribution >= 0.6 is 11.6 Å². The summed E-state index contributed by atoms with van der Waals surface area (Å²) in [6.07, 6.45) is -3.80. The summed E-state index contributed by atoms with van der Waals surface area (Å²) >= 11 is 5.99. The van der Waals surface area contributed by atoms with Gasteiger partial charge in [-0.05, 0) is 13.0 Å². The minimum absolute atomic E-state index is 0.0758. The molecule has 32 heavy (non-hydrogen) atoms. The number of carbonyl (C=O) groups excluding carboxylic acids is 2. The van der Waals surface area contributed by atoms with E-state index in [0.29, 0.717) is 24.5 Å². The van der Waals surface area contributed by atoms with E-state index in [2.05, 4.69) is 10.1 Å². The van der Waals surface area contributed by atoms with Crippen molar-refractivity contribution >= 4 is 29.3 Å². The van der Waals surface area contributed by atoms with Crippen molar-refractivity contribution in [2.75, 3.05) is 37.7 Å². The number of nitrogens with zero attached hydrogens (tertiary/aromatic N) is 4. The molecule has 1 saturated heterocycles. The molecule has 2 aromatic rings. The number of alkyl halides is 3. The zero-order valence-corrected chi connectivity index (χ0v) is 18.5. The van der Waals surface area contributed by atoms with Gasteiger partial charge >= 0.3 is 12.1 Å². The standard InChI is InChI=1S/C20H22ClF3N4O4/c1-11(2)17-16(12(3)26-32-17)19(30)31-10-15(29)27-4-6-28(7-5-27)18-14(21)8-13(9-25-18)20(22,23)24/h8-9,11H,4-7,10H2,1-3H3. The van der Waals surface area contributed by atoms with Gasteiger partial charge in [-0.2, -0.15) is 13.2 Å². The van der Waals surface area contributed by atoms with Gasteiger partial charge in [-0.3, -0.25) is 4.79 Å². The Kier molecular flexibility index (Phi) is 6.97. The molecule has 1 amide bonds. The van der Waals surface area contributed by atoms with Crippen LogP contribution < -0.4 is 4.90 Å². The highest BCUT2D eigenvalue weighted by molar-refractivity contribution is 6.33. The molecule has 8 nitrogen and oxygen atoms in total. The number of esters is 1. The topological polar surface area (TPSA) is 88.8 Å². The number of piperazine rings is 1. The highest BCUT2D eigenvalue weighted by Crippen LogP contribution is 2.33. The summed E-state index contributed by atoms with van der Waals surface area (Å²) in [7, 11) is 0. The zero-order valence-electron chi connectivity index (χ0n) is 17.7. The molecule has 0 N–H and O–H groups in total. The molecule has 0 atom stereocenters. The molecule has 1 aliphatic rings. The number of hydrogen-bond donors (Lipinski definition) is 0. The molecule has 12 heteroatoms. The number of pyridine rings is 1. The van der Waals surface area contributed by atoms with Gasteiger partial charge in [0.05, 0.1) is 16.3 Å². The molecule has 1 fully saturated rings. The van der Waals surface area contributed by atoms with Crippen molar-refractivity contribution < 1.29 is 32.0 Å². The molecular formula is C20H22ClF3N4O4. The maximum Gasteiger partial charge on any atom is 0.417 e. The third-order valence-corrected chi connectivity index (χ3v) is 5.30. The van der Waals surface area contributed by atoms with E-state index in [1.165, 1.54) is 4.90 Å². The van der Waals surface area contributed by atoms with Crippen LogP contribution in [0.1, 0.15) is 47.1 Å². The number of halogens is 4. The van der Waals surface area contributed by atoms with Crippen LogP contribution in [-0.4, -0.2) is 59.7 Å². The number of ether oxygens (including phenoxy) is 1. The van der Waals surface area contributed by atoms with Crippen LogP contribution in [0.15, 0.2) is 16.8 Å². The molecule has 0 aromatic carbocycles. The number of carbonyl (C=O) groups is 2. The molecule has 3 heterocycles. The van der Waals surface area contributed by atoms with Crippen molar-refractivity contribution in [3.8, 4) is 0 Å². The van der Waals surface area contributed by atoms with Crippen molar-refractivity contribution in [3.63, 3.8) is 0 Å². The molecule has 0 spiro atoms. The predicted molar refractivity (Wildman–Crippen MR) is 109 cm³/mol. The molecule has 0 unspecified atom stereocenters. The lowest BCUT2D eigenvalue weighted by Crippen LogP contribution is -2.50. The lowest BCUT2D eigenvalue weighted by molar-refractivity contribution is -0.138. The molecular weight excluding hydrogens is 453 g/mol. The Morgan fingerprint density at radius 3 is 2.47 bits per heavy atom. The summed E-state index contributed by atoms with van der Waals surface area (Å²) in [5.41, 5.74) is -0.313. The first-order valence-corrected chi connectivity index (χ1v) is 10.3. The second-order valence-electron chi connectivity index (χ2n) is 7.63. The molecule has 0 bridgehead atoms. The van der Waals surface area contributed by atoms with Gasteiger partial charge in [0.15, 0.2) is 12.4 Å². The molecule has 0 aliphatic carbocycles. The Morgan fingerprint density at radius 2 is 1.91 bits per heavy atom. The summed E-state index contributed by atoms with van der Waals surface area (Å²) in [4.78, 5) is 31.9. The van der Waals surface area contributed by atoms with Crippen LogP contribution in [0.25, 0.3) is 0 Å². The summed E-state index contributed by atoms with van der Waals surface area (Å²) in [6.45, 7) is 6.06. The molecule has 2 aromatic heterocycles. The lowest BCUT2D eigenvalue weighted by Gasteiger charge is -2.35. The average molecular weight is 475 g/mol. The Bertz CT molecular complexity index is 1000. The number of amides is 1. The Labute approximate surface area is 187 Å². The quantitative estimate of drug-likeness (QED) is 0.611. The SMILES string of the molecule is Cc1noc(C(C)C)c1C(=O)OCC(=O)N1CCN(c2ncc(C(F)(F)F)cc2Cl)CC1. The first kappa shape index (κ1) is 23.8. The highest BCUT2D eigenvalue weighted by atomic mass is 35.5. The van der Waals surface area contributed by atoms with Crippen molar-refractivity contribution in [2.24, 2.45) is 0 Å². The van der Waals surface area contributed by atoms with Gasteiger partial charge in [0.25, 0.3) is 5.91 Å². The van der Waals surface area contributed by atoms with Gasteiger partial charge in [-0.15, -0.1) is 0 Å². The second-order valence-corrected chi connectivity index (χ2v) is 8.04. The first-order chi connectivity index (χ1) is 15.0. The van der Waals surface area contributed by atoms with E-state index >= 15 is 0 Å². The average Bonchev–Trinajstić information content (AvgIpc) is 3.13. The van der Waals surface area contributed by atoms with E-state index in [9.17, 15) is 22.8 Å². The lowest BCUT2D eigenvalue weighted by atomic mass is 10.1. The van der Waals surface area contributed by atoms with E-state index in [4.69, 9.17) is 20.9 Å². The largest absolute Gasteiger partial charge is 0.452 e. The minimum atomic E-state index is -4.53. The third-order valence-electron chi connectivity index (χ3n) is 5.03. The van der Waals surface area contributed by atoms with E-state index in [1.54, 1.807) is 11.8 Å². The van der Waals surface area contributed by atoms with Crippen LogP contribution in [-0.2, 0) is 15.7 Å². The van der Waals surface area contributed by atoms with Crippen LogP contribution in [0.4, 0.5) is 19.0 Å². The summed E-state index contributed by atoms with van der Waals surface area (Å²) in [6, 6.07) is 0.832. The van der Waals surface area contributed by atoms with Crippen LogP contribution in [0.3, 0.4) is 0 Å². The number of rotatable bonds is 5. The molecule has 3 rings (SSSR count). The smallest absolute Gasteiger partial charge is 0.417 e. The number of aryl methyl sites for hydroxylation is 1. The Balaban J connectivity index is 1.55. The Hall–Kier alpha value is -2.82. The summed E-state index contributed by atoms with van der Waals surface area (Å²) in [5, 5.41) is 3.67. The fourth-order valence-electron chi connectivity index (χ4n) is 3.31. The van der Waals surface area contributed by atoms with Crippen molar-refractivity contribution in [1.29, 1.82) is 0 Å². The van der Waals surface area contributed by atoms with E-state index < -0.39 is 24.3 Å². The monoisotopic (exact) mass is 474 g/mol. The minimum Gasteiger partial charge on any atom is -0.452 e. The van der Waals surface area contributed by atoms with Crippen LogP contribution in [0, 0.1) is 6.92 Å². The van der Waals surface area contributed by atoms with Gasteiger partial charge in [-0.1, -0.05) is 30.6 Å². The molecule has 174 valence electrons. The number of aromatic nitrogens is 2. The van der Waals surface area contributed by atoms with Crippen LogP contribution in [0.5, 0.6) is 0 Å². The highest BCUT2D eigenvalue weighted by Gasteiger charge is 2.33. The molecule has 1 aliphatic heterocycles.